The molecule has 3 nitrogen and oxygen atoms in total. The lowest BCUT2D eigenvalue weighted by Crippen LogP contribution is -2.20. The molecule has 0 heterocycles. The first-order valence-electron chi connectivity index (χ1n) is 7.93. The summed E-state index contributed by atoms with van der Waals surface area (Å²) in [6, 6.07) is 0. The second kappa shape index (κ2) is 14.8. The molecule has 2 unspecified atom stereocenters. The van der Waals surface area contributed by atoms with E-state index < -0.39 is 12.2 Å². The standard InChI is InChI=1S/C17H32O3/c1-2-3-4-5-6-7-8-9-10-11-12-13-16(19)14-17(20)15-18/h2,11-12,16-20H,1,3-10,13-15H2. The van der Waals surface area contributed by atoms with E-state index in [-0.39, 0.29) is 13.0 Å². The Kier molecular flexibility index (Phi) is 14.3. The first-order chi connectivity index (χ1) is 9.70. The van der Waals surface area contributed by atoms with Gasteiger partial charge in [0.25, 0.3) is 0 Å². The first kappa shape index (κ1) is 19.4. The Morgan fingerprint density at radius 1 is 0.800 bits per heavy atom. The van der Waals surface area contributed by atoms with Gasteiger partial charge >= 0.3 is 0 Å². The van der Waals surface area contributed by atoms with Gasteiger partial charge < -0.3 is 15.3 Å². The van der Waals surface area contributed by atoms with Gasteiger partial charge in [-0.15, -0.1) is 6.58 Å². The average molecular weight is 284 g/mol. The Hall–Kier alpha value is -0.640. The Labute approximate surface area is 124 Å². The summed E-state index contributed by atoms with van der Waals surface area (Å²) in [6.45, 7) is 3.43. The molecule has 20 heavy (non-hydrogen) atoms. The lowest BCUT2D eigenvalue weighted by atomic mass is 10.1. The number of rotatable bonds is 14. The van der Waals surface area contributed by atoms with E-state index in [1.807, 2.05) is 12.2 Å². The van der Waals surface area contributed by atoms with Crippen molar-refractivity contribution >= 4 is 0 Å². The Morgan fingerprint density at radius 3 is 2.00 bits per heavy atom. The van der Waals surface area contributed by atoms with Crippen molar-refractivity contribution in [3.05, 3.63) is 24.8 Å². The van der Waals surface area contributed by atoms with Crippen LogP contribution in [0.2, 0.25) is 0 Å². The molecule has 0 amide bonds. The van der Waals surface area contributed by atoms with Crippen molar-refractivity contribution in [3.63, 3.8) is 0 Å². The minimum atomic E-state index is -0.806. The number of allylic oxidation sites excluding steroid dienone is 2. The molecule has 0 aliphatic heterocycles. The molecule has 0 aliphatic carbocycles. The Balaban J connectivity index is 3.29. The fraction of sp³-hybridized carbons (Fsp3) is 0.765. The van der Waals surface area contributed by atoms with Crippen molar-refractivity contribution in [2.24, 2.45) is 0 Å². The lowest BCUT2D eigenvalue weighted by Gasteiger charge is -2.11. The van der Waals surface area contributed by atoms with Gasteiger partial charge in [0.15, 0.2) is 0 Å². The zero-order valence-electron chi connectivity index (χ0n) is 12.7. The largest absolute Gasteiger partial charge is 0.394 e. The molecular formula is C17H32O3. The highest BCUT2D eigenvalue weighted by Gasteiger charge is 2.08. The summed E-state index contributed by atoms with van der Waals surface area (Å²) in [5.74, 6) is 0. The third-order valence-electron chi connectivity index (χ3n) is 3.36. The predicted molar refractivity (Wildman–Crippen MR) is 84.6 cm³/mol. The minimum Gasteiger partial charge on any atom is -0.394 e. The summed E-state index contributed by atoms with van der Waals surface area (Å²) in [5.41, 5.74) is 0. The second-order valence-corrected chi connectivity index (χ2v) is 5.42. The molecule has 2 atom stereocenters. The molecule has 0 aromatic heterocycles. The predicted octanol–water partition coefficient (Wildman–Crippen LogP) is 3.34. The van der Waals surface area contributed by atoms with Gasteiger partial charge in [-0.2, -0.15) is 0 Å². The molecule has 0 bridgehead atoms. The smallest absolute Gasteiger partial charge is 0.0795 e. The SMILES string of the molecule is C=CCCCCCCCCC=CCC(O)CC(O)CO. The molecule has 0 aliphatic rings. The maximum absolute atomic E-state index is 9.56. The van der Waals surface area contributed by atoms with Crippen LogP contribution >= 0.6 is 0 Å². The summed E-state index contributed by atoms with van der Waals surface area (Å²) in [7, 11) is 0. The van der Waals surface area contributed by atoms with Crippen LogP contribution in [-0.4, -0.2) is 34.1 Å². The van der Waals surface area contributed by atoms with E-state index >= 15 is 0 Å². The van der Waals surface area contributed by atoms with E-state index in [9.17, 15) is 5.11 Å². The quantitative estimate of drug-likeness (QED) is 0.339. The summed E-state index contributed by atoms with van der Waals surface area (Å²) < 4.78 is 0. The molecule has 0 rings (SSSR count). The summed E-state index contributed by atoms with van der Waals surface area (Å²) in [4.78, 5) is 0. The molecule has 0 spiro atoms. The average Bonchev–Trinajstić information content (AvgIpc) is 2.44. The highest BCUT2D eigenvalue weighted by Crippen LogP contribution is 2.09. The number of unbranched alkanes of at least 4 members (excludes halogenated alkanes) is 7. The topological polar surface area (TPSA) is 60.7 Å². The van der Waals surface area contributed by atoms with Gasteiger partial charge in [-0.1, -0.05) is 43.9 Å². The first-order valence-corrected chi connectivity index (χ1v) is 7.93. The number of hydrogen-bond acceptors (Lipinski definition) is 3. The lowest BCUT2D eigenvalue weighted by molar-refractivity contribution is 0.0428. The van der Waals surface area contributed by atoms with Gasteiger partial charge in [-0.25, -0.2) is 0 Å². The van der Waals surface area contributed by atoms with E-state index in [1.165, 1.54) is 38.5 Å². The maximum Gasteiger partial charge on any atom is 0.0795 e. The van der Waals surface area contributed by atoms with Crippen LogP contribution in [0.25, 0.3) is 0 Å². The van der Waals surface area contributed by atoms with Crippen LogP contribution < -0.4 is 0 Å². The third-order valence-corrected chi connectivity index (χ3v) is 3.36. The molecule has 3 heteroatoms. The molecule has 0 fully saturated rings. The van der Waals surface area contributed by atoms with E-state index in [1.54, 1.807) is 0 Å². The van der Waals surface area contributed by atoms with E-state index in [2.05, 4.69) is 12.7 Å². The summed E-state index contributed by atoms with van der Waals surface area (Å²) >= 11 is 0. The van der Waals surface area contributed by atoms with E-state index in [0.29, 0.717) is 6.42 Å². The minimum absolute atomic E-state index is 0.242. The van der Waals surface area contributed by atoms with Crippen LogP contribution in [0.1, 0.15) is 64.2 Å². The van der Waals surface area contributed by atoms with E-state index in [0.717, 1.165) is 12.8 Å². The van der Waals surface area contributed by atoms with Crippen molar-refractivity contribution < 1.29 is 15.3 Å². The van der Waals surface area contributed by atoms with Crippen LogP contribution in [-0.2, 0) is 0 Å². The summed E-state index contributed by atoms with van der Waals surface area (Å²) in [5, 5.41) is 27.4. The molecule has 0 saturated carbocycles. The molecule has 118 valence electrons. The number of aliphatic hydroxyl groups is 3. The number of aliphatic hydroxyl groups excluding tert-OH is 3. The van der Waals surface area contributed by atoms with Crippen LogP contribution in [0.5, 0.6) is 0 Å². The molecular weight excluding hydrogens is 252 g/mol. The van der Waals surface area contributed by atoms with Gasteiger partial charge in [0.1, 0.15) is 0 Å². The normalized spacial score (nSPS) is 14.6. The third kappa shape index (κ3) is 13.8. The zero-order chi connectivity index (χ0) is 15.1. The highest BCUT2D eigenvalue weighted by molar-refractivity contribution is 4.84. The van der Waals surface area contributed by atoms with Crippen molar-refractivity contribution in [2.45, 2.75) is 76.4 Å². The van der Waals surface area contributed by atoms with Crippen LogP contribution in [0.3, 0.4) is 0 Å². The highest BCUT2D eigenvalue weighted by atomic mass is 16.3. The molecule has 0 radical (unpaired) electrons. The van der Waals surface area contributed by atoms with Gasteiger partial charge in [-0.05, 0) is 32.1 Å². The molecule has 3 N–H and O–H groups in total. The van der Waals surface area contributed by atoms with Crippen LogP contribution in [0, 0.1) is 0 Å². The second-order valence-electron chi connectivity index (χ2n) is 5.42. The summed E-state index contributed by atoms with van der Waals surface area (Å²) in [6.07, 6.45) is 15.3. The van der Waals surface area contributed by atoms with Gasteiger partial charge in [-0.3, -0.25) is 0 Å². The van der Waals surface area contributed by atoms with Crippen LogP contribution in [0.15, 0.2) is 24.8 Å². The Bertz CT molecular complexity index is 238. The van der Waals surface area contributed by atoms with Gasteiger partial charge in [0.05, 0.1) is 18.8 Å². The molecule has 0 aromatic rings. The van der Waals surface area contributed by atoms with Crippen molar-refractivity contribution in [2.75, 3.05) is 6.61 Å². The maximum atomic E-state index is 9.56. The monoisotopic (exact) mass is 284 g/mol. The zero-order valence-corrected chi connectivity index (χ0v) is 12.7. The Morgan fingerprint density at radius 2 is 1.40 bits per heavy atom. The van der Waals surface area contributed by atoms with Crippen LogP contribution in [0.4, 0.5) is 0 Å². The number of hydrogen-bond donors (Lipinski definition) is 3. The van der Waals surface area contributed by atoms with E-state index in [4.69, 9.17) is 10.2 Å². The fourth-order valence-corrected chi connectivity index (χ4v) is 2.11. The van der Waals surface area contributed by atoms with Crippen molar-refractivity contribution in [1.82, 2.24) is 0 Å². The molecule has 0 saturated heterocycles. The molecule has 0 aromatic carbocycles. The van der Waals surface area contributed by atoms with Gasteiger partial charge in [0.2, 0.25) is 0 Å². The fourth-order valence-electron chi connectivity index (χ4n) is 2.11. The van der Waals surface area contributed by atoms with Crippen molar-refractivity contribution in [1.29, 1.82) is 0 Å². The van der Waals surface area contributed by atoms with Crippen molar-refractivity contribution in [3.8, 4) is 0 Å². The van der Waals surface area contributed by atoms with Gasteiger partial charge in [0, 0.05) is 6.42 Å².